The highest BCUT2D eigenvalue weighted by atomic mass is 16.5. The van der Waals surface area contributed by atoms with Gasteiger partial charge in [-0.1, -0.05) is 42.5 Å². The maximum Gasteiger partial charge on any atom is 0.251 e. The zero-order valence-electron chi connectivity index (χ0n) is 14.3. The Bertz CT molecular complexity index is 736. The van der Waals surface area contributed by atoms with E-state index in [4.69, 9.17) is 4.74 Å². The second-order valence-electron chi connectivity index (χ2n) is 6.44. The molecule has 0 aromatic heterocycles. The normalized spacial score (nSPS) is 25.7. The molecule has 0 radical (unpaired) electrons. The van der Waals surface area contributed by atoms with Crippen LogP contribution in [0.15, 0.2) is 54.6 Å². The van der Waals surface area contributed by atoms with Gasteiger partial charge in [-0.05, 0) is 23.3 Å². The van der Waals surface area contributed by atoms with Gasteiger partial charge in [-0.2, -0.15) is 0 Å². The Morgan fingerprint density at radius 3 is 2.58 bits per heavy atom. The number of hydrogen-bond donors (Lipinski definition) is 4. The van der Waals surface area contributed by atoms with E-state index in [0.29, 0.717) is 17.7 Å². The van der Waals surface area contributed by atoms with Crippen molar-refractivity contribution >= 4 is 5.91 Å². The number of aliphatic hydroxyl groups excluding tert-OH is 3. The zero-order chi connectivity index (χ0) is 18.5. The predicted molar refractivity (Wildman–Crippen MR) is 95.4 cm³/mol. The molecule has 6 nitrogen and oxygen atoms in total. The summed E-state index contributed by atoms with van der Waals surface area (Å²) >= 11 is 0. The van der Waals surface area contributed by atoms with E-state index in [9.17, 15) is 20.1 Å². The summed E-state index contributed by atoms with van der Waals surface area (Å²) in [6, 6.07) is 16.5. The minimum absolute atomic E-state index is 0.111. The molecule has 3 rings (SSSR count). The number of hydrogen-bond acceptors (Lipinski definition) is 5. The average Bonchev–Trinajstić information content (AvgIpc) is 2.67. The summed E-state index contributed by atoms with van der Waals surface area (Å²) in [5, 5.41) is 32.2. The molecule has 1 aliphatic rings. The van der Waals surface area contributed by atoms with Gasteiger partial charge in [0, 0.05) is 18.5 Å². The first-order chi connectivity index (χ1) is 12.6. The first-order valence-corrected chi connectivity index (χ1v) is 8.63. The third-order valence-corrected chi connectivity index (χ3v) is 4.54. The van der Waals surface area contributed by atoms with Crippen LogP contribution in [-0.2, 0) is 11.3 Å². The van der Waals surface area contributed by atoms with Crippen LogP contribution in [0.25, 0.3) is 0 Å². The number of amides is 1. The predicted octanol–water partition coefficient (Wildman–Crippen LogP) is 1.16. The summed E-state index contributed by atoms with van der Waals surface area (Å²) in [5.41, 5.74) is 2.10. The van der Waals surface area contributed by atoms with Crippen LogP contribution < -0.4 is 5.32 Å². The number of carbonyl (C=O) groups excluding carboxylic acids is 1. The van der Waals surface area contributed by atoms with Crippen LogP contribution in [0.2, 0.25) is 0 Å². The van der Waals surface area contributed by atoms with Crippen molar-refractivity contribution < 1.29 is 24.9 Å². The molecular weight excluding hydrogens is 334 g/mol. The average molecular weight is 357 g/mol. The lowest BCUT2D eigenvalue weighted by atomic mass is 9.93. The van der Waals surface area contributed by atoms with Gasteiger partial charge in [0.15, 0.2) is 0 Å². The van der Waals surface area contributed by atoms with Gasteiger partial charge in [-0.25, -0.2) is 0 Å². The van der Waals surface area contributed by atoms with Crippen molar-refractivity contribution in [1.29, 1.82) is 0 Å². The molecule has 1 amide bonds. The molecule has 0 bridgehead atoms. The summed E-state index contributed by atoms with van der Waals surface area (Å²) in [6.07, 6.45) is -3.16. The maximum absolute atomic E-state index is 12.4. The van der Waals surface area contributed by atoms with Crippen LogP contribution in [-0.4, -0.2) is 46.1 Å². The first kappa shape index (κ1) is 18.5. The van der Waals surface area contributed by atoms with Crippen molar-refractivity contribution in [2.24, 2.45) is 0 Å². The smallest absolute Gasteiger partial charge is 0.251 e. The summed E-state index contributed by atoms with van der Waals surface area (Å²) < 4.78 is 5.63. The van der Waals surface area contributed by atoms with E-state index < -0.39 is 24.4 Å². The molecule has 138 valence electrons. The van der Waals surface area contributed by atoms with Crippen LogP contribution in [0.1, 0.15) is 34.0 Å². The molecule has 6 heteroatoms. The van der Waals surface area contributed by atoms with E-state index in [1.54, 1.807) is 24.3 Å². The number of nitrogens with one attached hydrogen (secondary N) is 1. The Labute approximate surface area is 152 Å². The van der Waals surface area contributed by atoms with E-state index in [0.717, 1.165) is 5.56 Å². The van der Waals surface area contributed by atoms with Gasteiger partial charge in [0.05, 0.1) is 18.8 Å². The molecule has 1 heterocycles. The minimum atomic E-state index is -0.913. The monoisotopic (exact) mass is 357 g/mol. The van der Waals surface area contributed by atoms with Crippen LogP contribution in [0.4, 0.5) is 0 Å². The number of benzene rings is 2. The molecular formula is C20H23NO5. The fourth-order valence-electron chi connectivity index (χ4n) is 3.10. The molecule has 0 aliphatic carbocycles. The molecule has 2 unspecified atom stereocenters. The third kappa shape index (κ3) is 4.28. The van der Waals surface area contributed by atoms with Crippen molar-refractivity contribution in [3.8, 4) is 0 Å². The van der Waals surface area contributed by atoms with E-state index in [-0.39, 0.29) is 18.9 Å². The number of rotatable bonds is 5. The number of carbonyl (C=O) groups is 1. The summed E-state index contributed by atoms with van der Waals surface area (Å²) in [7, 11) is 0. The van der Waals surface area contributed by atoms with Crippen molar-refractivity contribution in [3.63, 3.8) is 0 Å². The lowest BCUT2D eigenvalue weighted by Gasteiger charge is -2.36. The Morgan fingerprint density at radius 2 is 1.85 bits per heavy atom. The Kier molecular flexibility index (Phi) is 6.00. The molecule has 4 N–H and O–H groups in total. The minimum Gasteiger partial charge on any atom is -0.394 e. The van der Waals surface area contributed by atoms with Gasteiger partial charge in [-0.15, -0.1) is 0 Å². The van der Waals surface area contributed by atoms with Crippen molar-refractivity contribution in [2.45, 2.75) is 37.4 Å². The third-order valence-electron chi connectivity index (χ3n) is 4.54. The number of aliphatic hydroxyl groups is 3. The van der Waals surface area contributed by atoms with Gasteiger partial charge in [0.25, 0.3) is 5.91 Å². The largest absolute Gasteiger partial charge is 0.394 e. The number of ether oxygens (including phenoxy) is 1. The second-order valence-corrected chi connectivity index (χ2v) is 6.44. The van der Waals surface area contributed by atoms with Crippen molar-refractivity contribution in [1.82, 2.24) is 5.32 Å². The van der Waals surface area contributed by atoms with Crippen molar-refractivity contribution in [3.05, 3.63) is 71.3 Å². The van der Waals surface area contributed by atoms with Crippen LogP contribution >= 0.6 is 0 Å². The molecule has 1 aliphatic heterocycles. The van der Waals surface area contributed by atoms with E-state index in [2.05, 4.69) is 5.32 Å². The first-order valence-electron chi connectivity index (χ1n) is 8.63. The standard InChI is InChI=1S/C20H23NO5/c22-12-18-16(23)10-17(24)19(26-18)14-7-4-8-15(9-14)20(25)21-11-13-5-2-1-3-6-13/h1-9,16-19,22-24H,10-12H2,(H,21,25)/t16?,17-,18+,19?/m0/s1. The van der Waals surface area contributed by atoms with Gasteiger partial charge in [0.1, 0.15) is 12.2 Å². The molecule has 1 saturated heterocycles. The highest BCUT2D eigenvalue weighted by Crippen LogP contribution is 2.32. The molecule has 0 saturated carbocycles. The van der Waals surface area contributed by atoms with E-state index >= 15 is 0 Å². The quantitative estimate of drug-likeness (QED) is 0.644. The van der Waals surface area contributed by atoms with Crippen LogP contribution in [0.5, 0.6) is 0 Å². The Balaban J connectivity index is 1.70. The highest BCUT2D eigenvalue weighted by molar-refractivity contribution is 5.94. The molecule has 26 heavy (non-hydrogen) atoms. The molecule has 2 aromatic carbocycles. The Morgan fingerprint density at radius 1 is 1.08 bits per heavy atom. The van der Waals surface area contributed by atoms with E-state index in [1.165, 1.54) is 0 Å². The van der Waals surface area contributed by atoms with Crippen LogP contribution in [0, 0.1) is 0 Å². The topological polar surface area (TPSA) is 99.0 Å². The van der Waals surface area contributed by atoms with E-state index in [1.807, 2.05) is 30.3 Å². The lowest BCUT2D eigenvalue weighted by Crippen LogP contribution is -2.44. The fourth-order valence-corrected chi connectivity index (χ4v) is 3.10. The van der Waals surface area contributed by atoms with Crippen molar-refractivity contribution in [2.75, 3.05) is 6.61 Å². The second kappa shape index (κ2) is 8.42. The molecule has 1 fully saturated rings. The molecule has 0 spiro atoms. The van der Waals surface area contributed by atoms with Gasteiger partial charge >= 0.3 is 0 Å². The summed E-state index contributed by atoms with van der Waals surface area (Å²) in [6.45, 7) is 0.0902. The Hall–Kier alpha value is -2.25. The zero-order valence-corrected chi connectivity index (χ0v) is 14.3. The highest BCUT2D eigenvalue weighted by Gasteiger charge is 2.36. The summed E-state index contributed by atoms with van der Waals surface area (Å²) in [5.74, 6) is -0.222. The van der Waals surface area contributed by atoms with Gasteiger partial charge in [0.2, 0.25) is 0 Å². The fraction of sp³-hybridized carbons (Fsp3) is 0.350. The molecule has 4 atom stereocenters. The van der Waals surface area contributed by atoms with Gasteiger partial charge in [-0.3, -0.25) is 4.79 Å². The van der Waals surface area contributed by atoms with Gasteiger partial charge < -0.3 is 25.4 Å². The molecule has 2 aromatic rings. The van der Waals surface area contributed by atoms with Crippen LogP contribution in [0.3, 0.4) is 0 Å². The summed E-state index contributed by atoms with van der Waals surface area (Å²) in [4.78, 5) is 12.4. The SMILES string of the molecule is O=C(NCc1ccccc1)c1cccc(C2O[C@H](CO)C(O)C[C@@H]2O)c1. The maximum atomic E-state index is 12.4. The lowest BCUT2D eigenvalue weighted by molar-refractivity contribution is -0.181.